The van der Waals surface area contributed by atoms with Gasteiger partial charge in [0.05, 0.1) is 28.9 Å². The number of esters is 1. The highest BCUT2D eigenvalue weighted by atomic mass is 79.9. The molecule has 0 saturated carbocycles. The van der Waals surface area contributed by atoms with Crippen LogP contribution in [0.25, 0.3) is 10.9 Å². The normalized spacial score (nSPS) is 10.8. The van der Waals surface area contributed by atoms with Crippen molar-refractivity contribution in [1.29, 1.82) is 0 Å². The monoisotopic (exact) mass is 442 g/mol. The summed E-state index contributed by atoms with van der Waals surface area (Å²) < 4.78 is 11.7. The molecule has 3 rings (SSSR count). The minimum Gasteiger partial charge on any atom is -0.493 e. The van der Waals surface area contributed by atoms with E-state index < -0.39 is 5.97 Å². The Balaban J connectivity index is 2.22. The lowest BCUT2D eigenvalue weighted by Gasteiger charge is -2.17. The van der Waals surface area contributed by atoms with Gasteiger partial charge in [-0.05, 0) is 66.9 Å². The average molecular weight is 443 g/mol. The molecule has 0 spiro atoms. The summed E-state index contributed by atoms with van der Waals surface area (Å²) in [6, 6.07) is 9.83. The quantitative estimate of drug-likeness (QED) is 0.479. The molecule has 2 aromatic carbocycles. The van der Waals surface area contributed by atoms with Crippen LogP contribution in [0.3, 0.4) is 0 Å². The standard InChI is InChI=1S/C22H23BrN2O3/c1-5-27-20-11-19-15(10-17(20)23)21(16(12-24-19)22(26)28-6-2)25-18-9-7-8-13(3)14(18)4/h7-12H,5-6H2,1-4H3,(H,24,25). The summed E-state index contributed by atoms with van der Waals surface area (Å²) in [6.07, 6.45) is 1.55. The van der Waals surface area contributed by atoms with E-state index >= 15 is 0 Å². The van der Waals surface area contributed by atoms with Crippen molar-refractivity contribution >= 4 is 44.2 Å². The van der Waals surface area contributed by atoms with Crippen molar-refractivity contribution in [1.82, 2.24) is 4.98 Å². The van der Waals surface area contributed by atoms with Crippen LogP contribution in [0.2, 0.25) is 0 Å². The number of benzene rings is 2. The van der Waals surface area contributed by atoms with Crippen molar-refractivity contribution in [3.8, 4) is 5.75 Å². The number of nitrogens with one attached hydrogen (secondary N) is 1. The first-order valence-electron chi connectivity index (χ1n) is 9.21. The van der Waals surface area contributed by atoms with Crippen LogP contribution in [0.5, 0.6) is 5.75 Å². The van der Waals surface area contributed by atoms with Crippen LogP contribution in [-0.4, -0.2) is 24.2 Å². The van der Waals surface area contributed by atoms with Gasteiger partial charge in [0.1, 0.15) is 11.3 Å². The molecule has 146 valence electrons. The first kappa shape index (κ1) is 20.1. The molecule has 5 nitrogen and oxygen atoms in total. The molecule has 0 bridgehead atoms. The Kier molecular flexibility index (Phi) is 6.19. The van der Waals surface area contributed by atoms with E-state index in [1.807, 2.05) is 38.1 Å². The molecule has 1 N–H and O–H groups in total. The molecule has 1 heterocycles. The third-order valence-corrected chi connectivity index (χ3v) is 5.20. The van der Waals surface area contributed by atoms with Gasteiger partial charge in [-0.1, -0.05) is 12.1 Å². The summed E-state index contributed by atoms with van der Waals surface area (Å²) in [5.74, 6) is 0.304. The van der Waals surface area contributed by atoms with Crippen molar-refractivity contribution in [2.45, 2.75) is 27.7 Å². The number of aromatic nitrogens is 1. The smallest absolute Gasteiger partial charge is 0.341 e. The van der Waals surface area contributed by atoms with Gasteiger partial charge in [0, 0.05) is 23.3 Å². The van der Waals surface area contributed by atoms with Gasteiger partial charge < -0.3 is 14.8 Å². The molecule has 0 unspecified atom stereocenters. The van der Waals surface area contributed by atoms with Gasteiger partial charge >= 0.3 is 5.97 Å². The number of rotatable bonds is 6. The van der Waals surface area contributed by atoms with Crippen LogP contribution in [-0.2, 0) is 4.74 Å². The lowest BCUT2D eigenvalue weighted by Crippen LogP contribution is -2.10. The molecule has 0 aliphatic heterocycles. The predicted molar refractivity (Wildman–Crippen MR) is 116 cm³/mol. The highest BCUT2D eigenvalue weighted by Gasteiger charge is 2.19. The topological polar surface area (TPSA) is 60.5 Å². The second-order valence-corrected chi connectivity index (χ2v) is 7.23. The van der Waals surface area contributed by atoms with Crippen LogP contribution in [0.1, 0.15) is 35.3 Å². The van der Waals surface area contributed by atoms with Crippen molar-refractivity contribution in [2.75, 3.05) is 18.5 Å². The van der Waals surface area contributed by atoms with E-state index in [9.17, 15) is 4.79 Å². The van der Waals surface area contributed by atoms with Crippen molar-refractivity contribution in [3.63, 3.8) is 0 Å². The average Bonchev–Trinajstić information content (AvgIpc) is 2.67. The Morgan fingerprint density at radius 1 is 1.18 bits per heavy atom. The van der Waals surface area contributed by atoms with Gasteiger partial charge in [-0.3, -0.25) is 4.98 Å². The molecule has 0 amide bonds. The highest BCUT2D eigenvalue weighted by Crippen LogP contribution is 2.37. The summed E-state index contributed by atoms with van der Waals surface area (Å²) in [7, 11) is 0. The Hall–Kier alpha value is -2.60. The SMILES string of the molecule is CCOC(=O)c1cnc2cc(OCC)c(Br)cc2c1Nc1cccc(C)c1C. The molecule has 1 aromatic heterocycles. The zero-order valence-corrected chi connectivity index (χ0v) is 18.0. The van der Waals surface area contributed by atoms with Gasteiger partial charge in [0.15, 0.2) is 0 Å². The van der Waals surface area contributed by atoms with Gasteiger partial charge in [-0.25, -0.2) is 4.79 Å². The first-order chi connectivity index (χ1) is 13.5. The molecule has 0 aliphatic rings. The summed E-state index contributed by atoms with van der Waals surface area (Å²) >= 11 is 3.56. The van der Waals surface area contributed by atoms with Crippen LogP contribution in [0.15, 0.2) is 41.0 Å². The molecule has 28 heavy (non-hydrogen) atoms. The molecule has 0 radical (unpaired) electrons. The number of hydrogen-bond donors (Lipinski definition) is 1. The third kappa shape index (κ3) is 3.97. The Labute approximate surface area is 173 Å². The molecule has 3 aromatic rings. The number of pyridine rings is 1. The number of carbonyl (C=O) groups is 1. The number of nitrogens with zero attached hydrogens (tertiary/aromatic N) is 1. The molecule has 0 saturated heterocycles. The van der Waals surface area contributed by atoms with E-state index in [0.717, 1.165) is 26.6 Å². The van der Waals surface area contributed by atoms with Crippen LogP contribution in [0.4, 0.5) is 11.4 Å². The molecule has 0 atom stereocenters. The predicted octanol–water partition coefficient (Wildman–Crippen LogP) is 5.93. The Morgan fingerprint density at radius 2 is 1.96 bits per heavy atom. The molecular formula is C22H23BrN2O3. The molecular weight excluding hydrogens is 420 g/mol. The van der Waals surface area contributed by atoms with Crippen molar-refractivity contribution in [2.24, 2.45) is 0 Å². The van der Waals surface area contributed by atoms with Gasteiger partial charge in [-0.2, -0.15) is 0 Å². The van der Waals surface area contributed by atoms with Crippen molar-refractivity contribution in [3.05, 3.63) is 57.7 Å². The van der Waals surface area contributed by atoms with E-state index in [-0.39, 0.29) is 0 Å². The van der Waals surface area contributed by atoms with Gasteiger partial charge in [0.25, 0.3) is 0 Å². The lowest BCUT2D eigenvalue weighted by atomic mass is 10.1. The second-order valence-electron chi connectivity index (χ2n) is 6.37. The zero-order valence-electron chi connectivity index (χ0n) is 16.4. The Morgan fingerprint density at radius 3 is 2.68 bits per heavy atom. The Bertz CT molecular complexity index is 1030. The molecule has 6 heteroatoms. The fourth-order valence-corrected chi connectivity index (χ4v) is 3.44. The maximum Gasteiger partial charge on any atom is 0.341 e. The number of fused-ring (bicyclic) bond motifs is 1. The third-order valence-electron chi connectivity index (χ3n) is 4.58. The highest BCUT2D eigenvalue weighted by molar-refractivity contribution is 9.10. The number of halogens is 1. The summed E-state index contributed by atoms with van der Waals surface area (Å²) in [6.45, 7) is 8.68. The second kappa shape index (κ2) is 8.61. The maximum atomic E-state index is 12.6. The first-order valence-corrected chi connectivity index (χ1v) is 10.0. The summed E-state index contributed by atoms with van der Waals surface area (Å²) in [5, 5.41) is 4.25. The fraction of sp³-hybridized carbons (Fsp3) is 0.273. The van der Waals surface area contributed by atoms with E-state index in [1.54, 1.807) is 13.1 Å². The van der Waals surface area contributed by atoms with Crippen LogP contribution < -0.4 is 10.1 Å². The maximum absolute atomic E-state index is 12.6. The van der Waals surface area contributed by atoms with Crippen molar-refractivity contribution < 1.29 is 14.3 Å². The zero-order chi connectivity index (χ0) is 20.3. The largest absolute Gasteiger partial charge is 0.493 e. The fourth-order valence-electron chi connectivity index (χ4n) is 2.98. The lowest BCUT2D eigenvalue weighted by molar-refractivity contribution is 0.0527. The van der Waals surface area contributed by atoms with Crippen LogP contribution >= 0.6 is 15.9 Å². The van der Waals surface area contributed by atoms with Crippen LogP contribution in [0, 0.1) is 13.8 Å². The van der Waals surface area contributed by atoms with E-state index in [0.29, 0.717) is 30.2 Å². The van der Waals surface area contributed by atoms with Gasteiger partial charge in [0.2, 0.25) is 0 Å². The minimum atomic E-state index is -0.408. The number of carbonyl (C=O) groups excluding carboxylic acids is 1. The summed E-state index contributed by atoms with van der Waals surface area (Å²) in [5.41, 5.74) is 5.01. The number of aryl methyl sites for hydroxylation is 1. The van der Waals surface area contributed by atoms with E-state index in [1.165, 1.54) is 5.56 Å². The summed E-state index contributed by atoms with van der Waals surface area (Å²) in [4.78, 5) is 17.0. The number of hydrogen-bond acceptors (Lipinski definition) is 5. The van der Waals surface area contributed by atoms with Gasteiger partial charge in [-0.15, -0.1) is 0 Å². The van der Waals surface area contributed by atoms with E-state index in [4.69, 9.17) is 9.47 Å². The van der Waals surface area contributed by atoms with E-state index in [2.05, 4.69) is 39.2 Å². The number of anilines is 2. The molecule has 0 aliphatic carbocycles. The number of ether oxygens (including phenoxy) is 2. The minimum absolute atomic E-state index is 0.298. The molecule has 0 fully saturated rings.